The zero-order chi connectivity index (χ0) is 14.8. The van der Waals surface area contributed by atoms with Crippen LogP contribution in [0.2, 0.25) is 0 Å². The summed E-state index contributed by atoms with van der Waals surface area (Å²) in [6.45, 7) is 7.84. The first-order chi connectivity index (χ1) is 8.63. The van der Waals surface area contributed by atoms with Crippen LogP contribution in [0.25, 0.3) is 0 Å². The predicted octanol–water partition coefficient (Wildman–Crippen LogP) is 0.593. The molecule has 1 amide bonds. The predicted molar refractivity (Wildman–Crippen MR) is 70.6 cm³/mol. The maximum Gasteiger partial charge on any atom is 0.326 e. The smallest absolute Gasteiger partial charge is 0.326 e. The van der Waals surface area contributed by atoms with Gasteiger partial charge in [-0.15, -0.1) is 0 Å². The Bertz CT molecular complexity index is 351. The molecule has 0 aliphatic carbocycles. The molecular formula is C13H24N2O4. The van der Waals surface area contributed by atoms with Crippen molar-refractivity contribution >= 4 is 11.9 Å². The van der Waals surface area contributed by atoms with Gasteiger partial charge in [0, 0.05) is 6.54 Å². The van der Waals surface area contributed by atoms with Crippen molar-refractivity contribution < 1.29 is 19.4 Å². The lowest BCUT2D eigenvalue weighted by atomic mass is 10.1. The standard InChI is InChI=1S/C13H24N2O4/c1-8(19-13(2,3)4)10(14)11(16)15-7-5-6-9(15)12(17)18/h8-10H,5-7,14H2,1-4H3,(H,17,18)/t8-,9-,10+/m1/s1. The summed E-state index contributed by atoms with van der Waals surface area (Å²) < 4.78 is 5.66. The van der Waals surface area contributed by atoms with E-state index >= 15 is 0 Å². The van der Waals surface area contributed by atoms with Crippen LogP contribution >= 0.6 is 0 Å². The molecule has 0 spiro atoms. The molecule has 0 aromatic rings. The van der Waals surface area contributed by atoms with Crippen LogP contribution in [-0.4, -0.2) is 52.2 Å². The van der Waals surface area contributed by atoms with Crippen molar-refractivity contribution in [3.63, 3.8) is 0 Å². The van der Waals surface area contributed by atoms with Crippen LogP contribution < -0.4 is 5.73 Å². The van der Waals surface area contributed by atoms with E-state index in [0.29, 0.717) is 19.4 Å². The van der Waals surface area contributed by atoms with Crippen molar-refractivity contribution in [2.24, 2.45) is 5.73 Å². The second-order valence-corrected chi connectivity index (χ2v) is 5.99. The van der Waals surface area contributed by atoms with E-state index in [9.17, 15) is 9.59 Å². The molecule has 1 rings (SSSR count). The summed E-state index contributed by atoms with van der Waals surface area (Å²) in [7, 11) is 0. The third-order valence-corrected chi connectivity index (χ3v) is 3.15. The van der Waals surface area contributed by atoms with Gasteiger partial charge in [0.1, 0.15) is 12.1 Å². The maximum absolute atomic E-state index is 12.2. The molecule has 3 N–H and O–H groups in total. The molecule has 1 heterocycles. The van der Waals surface area contributed by atoms with Crippen LogP contribution in [0.4, 0.5) is 0 Å². The molecule has 19 heavy (non-hydrogen) atoms. The number of nitrogens with two attached hydrogens (primary N) is 1. The van der Waals surface area contributed by atoms with E-state index < -0.39 is 29.8 Å². The van der Waals surface area contributed by atoms with Gasteiger partial charge in [0.15, 0.2) is 0 Å². The van der Waals surface area contributed by atoms with Gasteiger partial charge in [-0.1, -0.05) is 0 Å². The fourth-order valence-corrected chi connectivity index (χ4v) is 2.31. The van der Waals surface area contributed by atoms with E-state index in [2.05, 4.69) is 0 Å². The van der Waals surface area contributed by atoms with Crippen molar-refractivity contribution in [1.82, 2.24) is 4.90 Å². The van der Waals surface area contributed by atoms with Gasteiger partial charge < -0.3 is 20.5 Å². The number of nitrogens with zero attached hydrogens (tertiary/aromatic N) is 1. The molecule has 0 aromatic heterocycles. The molecule has 6 nitrogen and oxygen atoms in total. The number of carboxylic acids is 1. The summed E-state index contributed by atoms with van der Waals surface area (Å²) in [5.74, 6) is -1.32. The number of ether oxygens (including phenoxy) is 1. The van der Waals surface area contributed by atoms with Crippen LogP contribution in [0.15, 0.2) is 0 Å². The minimum absolute atomic E-state index is 0.346. The lowest BCUT2D eigenvalue weighted by Gasteiger charge is -2.31. The van der Waals surface area contributed by atoms with Gasteiger partial charge in [-0.2, -0.15) is 0 Å². The highest BCUT2D eigenvalue weighted by molar-refractivity contribution is 5.87. The van der Waals surface area contributed by atoms with Crippen molar-refractivity contribution in [3.8, 4) is 0 Å². The Morgan fingerprint density at radius 3 is 2.47 bits per heavy atom. The largest absolute Gasteiger partial charge is 0.480 e. The van der Waals surface area contributed by atoms with Crippen molar-refractivity contribution in [2.45, 2.75) is 64.3 Å². The third kappa shape index (κ3) is 4.18. The minimum Gasteiger partial charge on any atom is -0.480 e. The van der Waals surface area contributed by atoms with Crippen molar-refractivity contribution in [1.29, 1.82) is 0 Å². The van der Waals surface area contributed by atoms with Crippen molar-refractivity contribution in [3.05, 3.63) is 0 Å². The minimum atomic E-state index is -0.970. The molecular weight excluding hydrogens is 248 g/mol. The van der Waals surface area contributed by atoms with Gasteiger partial charge in [-0.25, -0.2) is 4.79 Å². The SMILES string of the molecule is C[C@@H](OC(C)(C)C)[C@H](N)C(=O)N1CCC[C@@H]1C(=O)O. The first-order valence-electron chi connectivity index (χ1n) is 6.60. The van der Waals surface area contributed by atoms with E-state index in [4.69, 9.17) is 15.6 Å². The van der Waals surface area contributed by atoms with Crippen LogP contribution in [-0.2, 0) is 14.3 Å². The average Bonchev–Trinajstić information content (AvgIpc) is 2.73. The highest BCUT2D eigenvalue weighted by atomic mass is 16.5. The normalized spacial score (nSPS) is 23.2. The molecule has 0 bridgehead atoms. The van der Waals surface area contributed by atoms with Gasteiger partial charge in [-0.05, 0) is 40.5 Å². The fourth-order valence-electron chi connectivity index (χ4n) is 2.31. The summed E-state index contributed by atoms with van der Waals surface area (Å²) in [6, 6.07) is -1.58. The number of carbonyl (C=O) groups is 2. The zero-order valence-corrected chi connectivity index (χ0v) is 12.0. The zero-order valence-electron chi connectivity index (χ0n) is 12.0. The Morgan fingerprint density at radius 1 is 1.42 bits per heavy atom. The van der Waals surface area contributed by atoms with E-state index in [1.807, 2.05) is 20.8 Å². The molecule has 0 unspecified atom stereocenters. The summed E-state index contributed by atoms with van der Waals surface area (Å²) in [4.78, 5) is 24.7. The second kappa shape index (κ2) is 5.88. The fraction of sp³-hybridized carbons (Fsp3) is 0.846. The third-order valence-electron chi connectivity index (χ3n) is 3.15. The van der Waals surface area contributed by atoms with E-state index in [1.54, 1.807) is 6.92 Å². The molecule has 1 aliphatic rings. The monoisotopic (exact) mass is 272 g/mol. The van der Waals surface area contributed by atoms with E-state index in [0.717, 1.165) is 0 Å². The van der Waals surface area contributed by atoms with Gasteiger partial charge in [0.05, 0.1) is 11.7 Å². The number of rotatable bonds is 4. The number of carboxylic acid groups (broad SMARTS) is 1. The molecule has 6 heteroatoms. The molecule has 0 aromatic carbocycles. The number of carbonyl (C=O) groups excluding carboxylic acids is 1. The number of amides is 1. The number of aliphatic carboxylic acids is 1. The van der Waals surface area contributed by atoms with Crippen LogP contribution in [0.1, 0.15) is 40.5 Å². The highest BCUT2D eigenvalue weighted by Gasteiger charge is 2.38. The molecule has 1 aliphatic heterocycles. The molecule has 1 saturated heterocycles. The van der Waals surface area contributed by atoms with Crippen LogP contribution in [0, 0.1) is 0 Å². The van der Waals surface area contributed by atoms with Gasteiger partial charge in [-0.3, -0.25) is 4.79 Å². The van der Waals surface area contributed by atoms with E-state index in [-0.39, 0.29) is 5.91 Å². The van der Waals surface area contributed by atoms with Gasteiger partial charge in [0.2, 0.25) is 5.91 Å². The Labute approximate surface area is 113 Å². The molecule has 0 saturated carbocycles. The second-order valence-electron chi connectivity index (χ2n) is 5.99. The van der Waals surface area contributed by atoms with Gasteiger partial charge in [0.25, 0.3) is 0 Å². The topological polar surface area (TPSA) is 92.9 Å². The Hall–Kier alpha value is -1.14. The first kappa shape index (κ1) is 15.9. The highest BCUT2D eigenvalue weighted by Crippen LogP contribution is 2.20. The lowest BCUT2D eigenvalue weighted by molar-refractivity contribution is -0.151. The first-order valence-corrected chi connectivity index (χ1v) is 6.60. The molecule has 110 valence electrons. The quantitative estimate of drug-likeness (QED) is 0.781. The Balaban J connectivity index is 2.68. The van der Waals surface area contributed by atoms with Gasteiger partial charge >= 0.3 is 5.97 Å². The maximum atomic E-state index is 12.2. The summed E-state index contributed by atoms with van der Waals surface area (Å²) in [5, 5.41) is 9.07. The summed E-state index contributed by atoms with van der Waals surface area (Å²) in [5.41, 5.74) is 5.51. The number of hydrogen-bond donors (Lipinski definition) is 2. The van der Waals surface area contributed by atoms with E-state index in [1.165, 1.54) is 4.90 Å². The lowest BCUT2D eigenvalue weighted by Crippen LogP contribution is -2.53. The van der Waals surface area contributed by atoms with Crippen molar-refractivity contribution in [2.75, 3.05) is 6.54 Å². The average molecular weight is 272 g/mol. The summed E-state index contributed by atoms with van der Waals surface area (Å²) in [6.07, 6.45) is 0.731. The van der Waals surface area contributed by atoms with Crippen LogP contribution in [0.3, 0.4) is 0 Å². The summed E-state index contributed by atoms with van der Waals surface area (Å²) >= 11 is 0. The number of likely N-dealkylation sites (tertiary alicyclic amines) is 1. The Kier molecular flexibility index (Phi) is 4.92. The molecule has 3 atom stereocenters. The Morgan fingerprint density at radius 2 is 2.00 bits per heavy atom. The van der Waals surface area contributed by atoms with Crippen LogP contribution in [0.5, 0.6) is 0 Å². The number of hydrogen-bond acceptors (Lipinski definition) is 4. The molecule has 1 fully saturated rings. The molecule has 0 radical (unpaired) electrons.